The number of anilines is 1. The Labute approximate surface area is 154 Å². The lowest BCUT2D eigenvalue weighted by Crippen LogP contribution is -2.28. The molecule has 0 unspecified atom stereocenters. The Morgan fingerprint density at radius 2 is 2.00 bits per heavy atom. The van der Waals surface area contributed by atoms with Gasteiger partial charge in [0.05, 0.1) is 22.4 Å². The molecule has 2 aromatic heterocycles. The molecule has 3 aromatic rings. The summed E-state index contributed by atoms with van der Waals surface area (Å²) in [6, 6.07) is 6.69. The highest BCUT2D eigenvalue weighted by atomic mass is 35.5. The Bertz CT molecular complexity index is 992. The van der Waals surface area contributed by atoms with E-state index in [2.05, 4.69) is 20.5 Å². The number of amides is 1. The third kappa shape index (κ3) is 3.83. The molecule has 7 nitrogen and oxygen atoms in total. The van der Waals surface area contributed by atoms with Gasteiger partial charge in [0.1, 0.15) is 11.3 Å². The lowest BCUT2D eigenvalue weighted by molar-refractivity contribution is 0.0636. The van der Waals surface area contributed by atoms with Crippen molar-refractivity contribution in [2.45, 2.75) is 26.4 Å². The highest BCUT2D eigenvalue weighted by molar-refractivity contribution is 6.31. The van der Waals surface area contributed by atoms with E-state index in [1.807, 2.05) is 6.07 Å². The maximum atomic E-state index is 13.0. The molecule has 0 aliphatic carbocycles. The zero-order chi connectivity index (χ0) is 18.9. The lowest BCUT2D eigenvalue weighted by atomic mass is 10.0. The van der Waals surface area contributed by atoms with E-state index in [4.69, 9.17) is 16.3 Å². The van der Waals surface area contributed by atoms with Gasteiger partial charge in [0.25, 0.3) is 0 Å². The van der Waals surface area contributed by atoms with Gasteiger partial charge in [-0.1, -0.05) is 23.7 Å². The van der Waals surface area contributed by atoms with Gasteiger partial charge in [-0.15, -0.1) is 0 Å². The fourth-order valence-corrected chi connectivity index (χ4v) is 2.58. The number of hydrogen-bond donors (Lipinski definition) is 2. The smallest absolute Gasteiger partial charge is 0.412 e. The number of aromatic amines is 1. The molecule has 8 heteroatoms. The zero-order valence-electron chi connectivity index (χ0n) is 14.5. The Kier molecular flexibility index (Phi) is 4.65. The average molecular weight is 373 g/mol. The van der Waals surface area contributed by atoms with Gasteiger partial charge >= 0.3 is 6.09 Å². The van der Waals surface area contributed by atoms with Crippen LogP contribution in [0.25, 0.3) is 10.9 Å². The van der Waals surface area contributed by atoms with Crippen LogP contribution in [0.1, 0.15) is 36.8 Å². The molecular formula is C18H17ClN4O3. The number of aromatic nitrogens is 3. The first-order valence-electron chi connectivity index (χ1n) is 7.87. The second kappa shape index (κ2) is 6.76. The molecule has 0 bridgehead atoms. The minimum absolute atomic E-state index is 0.0639. The fourth-order valence-electron chi connectivity index (χ4n) is 2.42. The molecule has 0 aliphatic heterocycles. The minimum atomic E-state index is -0.697. The maximum Gasteiger partial charge on any atom is 0.412 e. The number of hydrogen-bond acceptors (Lipinski definition) is 5. The van der Waals surface area contributed by atoms with Crippen LogP contribution in [0.3, 0.4) is 0 Å². The summed E-state index contributed by atoms with van der Waals surface area (Å²) in [5.41, 5.74) is 0.707. The van der Waals surface area contributed by atoms with Crippen molar-refractivity contribution in [3.05, 3.63) is 52.9 Å². The van der Waals surface area contributed by atoms with Crippen LogP contribution in [0.4, 0.5) is 10.5 Å². The first kappa shape index (κ1) is 17.9. The van der Waals surface area contributed by atoms with E-state index < -0.39 is 11.7 Å². The van der Waals surface area contributed by atoms with Gasteiger partial charge in [0.2, 0.25) is 5.78 Å². The summed E-state index contributed by atoms with van der Waals surface area (Å²) in [4.78, 5) is 29.2. The van der Waals surface area contributed by atoms with Gasteiger partial charge in [-0.3, -0.25) is 15.2 Å². The van der Waals surface area contributed by atoms with Crippen LogP contribution in [0.5, 0.6) is 0 Å². The number of nitrogens with one attached hydrogen (secondary N) is 2. The van der Waals surface area contributed by atoms with Crippen molar-refractivity contribution in [3.8, 4) is 0 Å². The molecule has 26 heavy (non-hydrogen) atoms. The minimum Gasteiger partial charge on any atom is -0.444 e. The number of pyridine rings is 1. The van der Waals surface area contributed by atoms with Crippen molar-refractivity contribution in [2.75, 3.05) is 5.32 Å². The van der Waals surface area contributed by atoms with Gasteiger partial charge in [-0.25, -0.2) is 9.78 Å². The summed E-state index contributed by atoms with van der Waals surface area (Å²) in [7, 11) is 0. The number of halogens is 1. The van der Waals surface area contributed by atoms with E-state index in [0.29, 0.717) is 10.9 Å². The van der Waals surface area contributed by atoms with Gasteiger partial charge < -0.3 is 4.74 Å². The lowest BCUT2D eigenvalue weighted by Gasteiger charge is -2.20. The van der Waals surface area contributed by atoms with Crippen LogP contribution in [0, 0.1) is 0 Å². The second-order valence-electron chi connectivity index (χ2n) is 6.64. The predicted octanol–water partition coefficient (Wildman–Crippen LogP) is 4.19. The third-order valence-corrected chi connectivity index (χ3v) is 3.64. The van der Waals surface area contributed by atoms with Crippen molar-refractivity contribution in [2.24, 2.45) is 0 Å². The first-order valence-corrected chi connectivity index (χ1v) is 8.25. The van der Waals surface area contributed by atoms with E-state index in [1.54, 1.807) is 39.1 Å². The van der Waals surface area contributed by atoms with Crippen LogP contribution in [0.2, 0.25) is 5.02 Å². The van der Waals surface area contributed by atoms with Gasteiger partial charge in [-0.2, -0.15) is 5.10 Å². The standard InChI is InChI=1S/C18H17ClN4O3/c1-18(2,3)26-17(25)22-14-7-10(19)8-20-15(14)16(24)11-5-4-6-13-12(11)9-21-23-13/h4-9H,1-3H3,(H,21,23)(H,22,25). The van der Waals surface area contributed by atoms with Crippen molar-refractivity contribution in [1.29, 1.82) is 0 Å². The molecule has 2 N–H and O–H groups in total. The topological polar surface area (TPSA) is 97.0 Å². The molecule has 134 valence electrons. The monoisotopic (exact) mass is 372 g/mol. The molecule has 1 aromatic carbocycles. The number of fused-ring (bicyclic) bond motifs is 1. The highest BCUT2D eigenvalue weighted by Crippen LogP contribution is 2.25. The largest absolute Gasteiger partial charge is 0.444 e. The molecule has 0 aliphatic rings. The Balaban J connectivity index is 1.98. The quantitative estimate of drug-likeness (QED) is 0.672. The fraction of sp³-hybridized carbons (Fsp3) is 0.222. The summed E-state index contributed by atoms with van der Waals surface area (Å²) in [5, 5.41) is 10.3. The molecule has 0 saturated heterocycles. The molecule has 0 radical (unpaired) electrons. The SMILES string of the molecule is CC(C)(C)OC(=O)Nc1cc(Cl)cnc1C(=O)c1cccc2[nH]ncc12. The maximum absolute atomic E-state index is 13.0. The molecule has 0 fully saturated rings. The molecular weight excluding hydrogens is 356 g/mol. The number of nitrogens with zero attached hydrogens (tertiary/aromatic N) is 2. The summed E-state index contributed by atoms with van der Waals surface area (Å²) in [6.07, 6.45) is 2.22. The van der Waals surface area contributed by atoms with Crippen LogP contribution in [-0.4, -0.2) is 32.7 Å². The summed E-state index contributed by atoms with van der Waals surface area (Å²) in [5.74, 6) is -0.361. The van der Waals surface area contributed by atoms with Crippen LogP contribution >= 0.6 is 11.6 Å². The van der Waals surface area contributed by atoms with Crippen molar-refractivity contribution in [3.63, 3.8) is 0 Å². The molecule has 0 atom stereocenters. The van der Waals surface area contributed by atoms with Crippen molar-refractivity contribution < 1.29 is 14.3 Å². The van der Waals surface area contributed by atoms with Gasteiger partial charge in [-0.05, 0) is 32.9 Å². The Hall–Kier alpha value is -2.93. The van der Waals surface area contributed by atoms with Crippen molar-refractivity contribution >= 4 is 40.1 Å². The van der Waals surface area contributed by atoms with E-state index >= 15 is 0 Å². The predicted molar refractivity (Wildman–Crippen MR) is 98.6 cm³/mol. The van der Waals surface area contributed by atoms with E-state index in [0.717, 1.165) is 5.52 Å². The van der Waals surface area contributed by atoms with E-state index in [9.17, 15) is 9.59 Å². The van der Waals surface area contributed by atoms with E-state index in [1.165, 1.54) is 12.3 Å². The van der Waals surface area contributed by atoms with Crippen LogP contribution in [-0.2, 0) is 4.74 Å². The Morgan fingerprint density at radius 3 is 2.73 bits per heavy atom. The highest BCUT2D eigenvalue weighted by Gasteiger charge is 2.22. The number of rotatable bonds is 3. The molecule has 0 spiro atoms. The first-order chi connectivity index (χ1) is 12.2. The Morgan fingerprint density at radius 1 is 1.23 bits per heavy atom. The van der Waals surface area contributed by atoms with Crippen LogP contribution in [0.15, 0.2) is 36.7 Å². The normalized spacial score (nSPS) is 11.4. The van der Waals surface area contributed by atoms with Crippen LogP contribution < -0.4 is 5.32 Å². The summed E-state index contributed by atoms with van der Waals surface area (Å²) < 4.78 is 5.23. The average Bonchev–Trinajstić information content (AvgIpc) is 3.01. The summed E-state index contributed by atoms with van der Waals surface area (Å²) >= 11 is 5.98. The number of ketones is 1. The number of carbonyl (C=O) groups is 2. The van der Waals surface area contributed by atoms with Crippen molar-refractivity contribution in [1.82, 2.24) is 15.2 Å². The number of benzene rings is 1. The number of carbonyl (C=O) groups excluding carboxylic acids is 2. The molecule has 0 saturated carbocycles. The number of ether oxygens (including phenoxy) is 1. The number of H-pyrrole nitrogens is 1. The van der Waals surface area contributed by atoms with E-state index in [-0.39, 0.29) is 22.2 Å². The van der Waals surface area contributed by atoms with Gasteiger partial charge in [0, 0.05) is 17.1 Å². The molecule has 1 amide bonds. The molecule has 3 rings (SSSR count). The third-order valence-electron chi connectivity index (χ3n) is 3.43. The molecule has 2 heterocycles. The zero-order valence-corrected chi connectivity index (χ0v) is 15.2. The van der Waals surface area contributed by atoms with Gasteiger partial charge in [0.15, 0.2) is 0 Å². The summed E-state index contributed by atoms with van der Waals surface area (Å²) in [6.45, 7) is 5.23. The second-order valence-corrected chi connectivity index (χ2v) is 7.08.